The number of oxazole rings is 2. The van der Waals surface area contributed by atoms with Crippen LogP contribution >= 0.6 is 11.5 Å². The number of aromatic nitrogens is 3. The van der Waals surface area contributed by atoms with Crippen molar-refractivity contribution < 1.29 is 28.3 Å². The van der Waals surface area contributed by atoms with E-state index in [2.05, 4.69) is 31.5 Å². The number of carboxylic acids is 1. The highest BCUT2D eigenvalue weighted by Crippen LogP contribution is 2.48. The van der Waals surface area contributed by atoms with Gasteiger partial charge in [-0.1, -0.05) is 30.3 Å². The van der Waals surface area contributed by atoms with Crippen LogP contribution in [0.15, 0.2) is 39.2 Å². The van der Waals surface area contributed by atoms with Crippen LogP contribution in [0, 0.1) is 18.8 Å². The van der Waals surface area contributed by atoms with Gasteiger partial charge in [0.1, 0.15) is 16.4 Å². The van der Waals surface area contributed by atoms with E-state index < -0.39 is 23.6 Å². The van der Waals surface area contributed by atoms with Crippen LogP contribution in [0.4, 0.5) is 10.5 Å². The molecule has 0 spiro atoms. The number of carbonyl (C=O) groups excluding carboxylic acids is 1. The summed E-state index contributed by atoms with van der Waals surface area (Å²) in [5.41, 5.74) is 0.982. The molecule has 3 heterocycles. The molecule has 0 aliphatic heterocycles. The number of nitrogens with one attached hydrogen (secondary N) is 1. The van der Waals surface area contributed by atoms with Crippen molar-refractivity contribution in [2.24, 2.45) is 0 Å². The predicted molar refractivity (Wildman–Crippen MR) is 120 cm³/mol. The van der Waals surface area contributed by atoms with Gasteiger partial charge in [0.05, 0.1) is 11.4 Å². The SMILES string of the molecule is Cc1nsc(C#Cc2nc3nc(C4(C(=O)O)CC4)oc3o2)c1NC(=O)OC(C)c1ccccc1. The standard InChI is InChI=1S/C23H18N4O6S/c1-12-17(25-22(30)31-13(2)14-6-4-3-5-7-14)15(34-27-12)8-9-16-24-18-19(32-16)33-20(26-18)23(10-11-23)21(28)29/h3-7,13H,10-11H2,1-2H3,(H,25,30)(H,28,29). The van der Waals surface area contributed by atoms with E-state index in [1.165, 1.54) is 0 Å². The molecule has 11 heteroatoms. The van der Waals surface area contributed by atoms with E-state index in [0.717, 1.165) is 17.1 Å². The maximum atomic E-state index is 12.4. The van der Waals surface area contributed by atoms with Gasteiger partial charge in [-0.25, -0.2) is 4.79 Å². The minimum absolute atomic E-state index is 0.0177. The number of fused-ring (bicyclic) bond motifs is 1. The normalized spacial score (nSPS) is 14.8. The molecule has 3 aromatic heterocycles. The molecule has 1 aliphatic rings. The number of nitrogens with zero attached hydrogens (tertiary/aromatic N) is 3. The number of aliphatic carboxylic acids is 1. The number of ether oxygens (including phenoxy) is 1. The molecule has 0 bridgehead atoms. The Labute approximate surface area is 197 Å². The molecule has 10 nitrogen and oxygen atoms in total. The molecule has 1 unspecified atom stereocenters. The number of carbonyl (C=O) groups is 2. The van der Waals surface area contributed by atoms with Crippen molar-refractivity contribution in [2.75, 3.05) is 5.32 Å². The fourth-order valence-electron chi connectivity index (χ4n) is 3.34. The van der Waals surface area contributed by atoms with Gasteiger partial charge in [-0.15, -0.1) is 0 Å². The number of hydrogen-bond acceptors (Lipinski definition) is 9. The zero-order chi connectivity index (χ0) is 23.9. The van der Waals surface area contributed by atoms with Gasteiger partial charge in [0.2, 0.25) is 11.5 Å². The molecule has 4 aromatic rings. The number of aryl methyl sites for hydroxylation is 1. The molecule has 1 aliphatic carbocycles. The number of hydrogen-bond donors (Lipinski definition) is 2. The van der Waals surface area contributed by atoms with Crippen LogP contribution in [0.25, 0.3) is 11.4 Å². The largest absolute Gasteiger partial charge is 0.480 e. The summed E-state index contributed by atoms with van der Waals surface area (Å²) < 4.78 is 20.6. The van der Waals surface area contributed by atoms with E-state index in [0.29, 0.717) is 29.1 Å². The molecule has 172 valence electrons. The minimum Gasteiger partial charge on any atom is -0.480 e. The van der Waals surface area contributed by atoms with Crippen LogP contribution in [-0.2, 0) is 14.9 Å². The predicted octanol–water partition coefficient (Wildman–Crippen LogP) is 4.41. The van der Waals surface area contributed by atoms with Crippen molar-refractivity contribution in [3.63, 3.8) is 0 Å². The zero-order valence-electron chi connectivity index (χ0n) is 18.1. The van der Waals surface area contributed by atoms with Crippen LogP contribution in [0.5, 0.6) is 0 Å². The van der Waals surface area contributed by atoms with E-state index in [-0.39, 0.29) is 23.2 Å². The van der Waals surface area contributed by atoms with Crippen molar-refractivity contribution in [2.45, 2.75) is 38.2 Å². The molecule has 1 amide bonds. The van der Waals surface area contributed by atoms with Crippen molar-refractivity contribution >= 4 is 40.7 Å². The number of anilines is 1. The van der Waals surface area contributed by atoms with E-state index in [9.17, 15) is 14.7 Å². The van der Waals surface area contributed by atoms with Gasteiger partial charge in [-0.05, 0) is 55.6 Å². The van der Waals surface area contributed by atoms with Gasteiger partial charge in [0, 0.05) is 0 Å². The van der Waals surface area contributed by atoms with E-state index in [1.54, 1.807) is 13.8 Å². The van der Waals surface area contributed by atoms with Crippen molar-refractivity contribution in [3.8, 4) is 11.8 Å². The molecule has 1 atom stereocenters. The van der Waals surface area contributed by atoms with Gasteiger partial charge >= 0.3 is 17.8 Å². The highest BCUT2D eigenvalue weighted by atomic mass is 32.1. The summed E-state index contributed by atoms with van der Waals surface area (Å²) in [4.78, 5) is 32.7. The summed E-state index contributed by atoms with van der Waals surface area (Å²) in [5.74, 6) is 4.82. The average Bonchev–Trinajstić information content (AvgIpc) is 3.26. The van der Waals surface area contributed by atoms with Gasteiger partial charge < -0.3 is 18.7 Å². The third-order valence-corrected chi connectivity index (χ3v) is 6.32. The third kappa shape index (κ3) is 3.99. The number of benzene rings is 1. The monoisotopic (exact) mass is 478 g/mol. The fraction of sp³-hybridized carbons (Fsp3) is 0.261. The lowest BCUT2D eigenvalue weighted by molar-refractivity contribution is -0.140. The van der Waals surface area contributed by atoms with Gasteiger partial charge in [-0.3, -0.25) is 10.1 Å². The third-order valence-electron chi connectivity index (χ3n) is 5.47. The summed E-state index contributed by atoms with van der Waals surface area (Å²) in [6, 6.07) is 9.39. The Morgan fingerprint density at radius 3 is 2.65 bits per heavy atom. The molecule has 0 radical (unpaired) electrons. The first-order chi connectivity index (χ1) is 16.4. The summed E-state index contributed by atoms with van der Waals surface area (Å²) in [5, 5.41) is 12.1. The Balaban J connectivity index is 1.30. The molecule has 1 saturated carbocycles. The lowest BCUT2D eigenvalue weighted by Crippen LogP contribution is -2.19. The second-order valence-corrected chi connectivity index (χ2v) is 8.62. The molecular weight excluding hydrogens is 460 g/mol. The van der Waals surface area contributed by atoms with Gasteiger partial charge in [-0.2, -0.15) is 14.3 Å². The highest BCUT2D eigenvalue weighted by Gasteiger charge is 2.56. The smallest absolute Gasteiger partial charge is 0.412 e. The Morgan fingerprint density at radius 2 is 1.97 bits per heavy atom. The Morgan fingerprint density at radius 1 is 1.21 bits per heavy atom. The van der Waals surface area contributed by atoms with Crippen molar-refractivity contribution in [1.29, 1.82) is 0 Å². The van der Waals surface area contributed by atoms with Crippen molar-refractivity contribution in [1.82, 2.24) is 14.3 Å². The van der Waals surface area contributed by atoms with Crippen LogP contribution < -0.4 is 5.32 Å². The van der Waals surface area contributed by atoms with Crippen LogP contribution in [0.2, 0.25) is 0 Å². The lowest BCUT2D eigenvalue weighted by Gasteiger charge is -2.14. The van der Waals surface area contributed by atoms with Crippen LogP contribution in [0.1, 0.15) is 53.8 Å². The Hall–Kier alpha value is -4.17. The van der Waals surface area contributed by atoms with Crippen molar-refractivity contribution in [3.05, 3.63) is 58.2 Å². The zero-order valence-corrected chi connectivity index (χ0v) is 18.9. The molecule has 2 N–H and O–H groups in total. The van der Waals surface area contributed by atoms with E-state index in [1.807, 2.05) is 30.3 Å². The summed E-state index contributed by atoms with van der Waals surface area (Å²) >= 11 is 1.11. The number of rotatable bonds is 5. The topological polar surface area (TPSA) is 141 Å². The maximum Gasteiger partial charge on any atom is 0.412 e. The summed E-state index contributed by atoms with van der Waals surface area (Å²) in [7, 11) is 0. The molecule has 1 fully saturated rings. The fourth-order valence-corrected chi connectivity index (χ4v) is 4.05. The molecular formula is C23H18N4O6S. The lowest BCUT2D eigenvalue weighted by atomic mass is 10.1. The quantitative estimate of drug-likeness (QED) is 0.399. The molecule has 5 rings (SSSR count). The highest BCUT2D eigenvalue weighted by molar-refractivity contribution is 7.07. The van der Waals surface area contributed by atoms with Crippen LogP contribution in [0.3, 0.4) is 0 Å². The molecule has 1 aromatic carbocycles. The number of amides is 1. The van der Waals surface area contributed by atoms with Crippen LogP contribution in [-0.4, -0.2) is 31.5 Å². The summed E-state index contributed by atoms with van der Waals surface area (Å²) in [6.07, 6.45) is -0.129. The maximum absolute atomic E-state index is 12.4. The molecule has 34 heavy (non-hydrogen) atoms. The van der Waals surface area contributed by atoms with E-state index >= 15 is 0 Å². The first-order valence-electron chi connectivity index (χ1n) is 10.4. The Bertz CT molecular complexity index is 1420. The van der Waals surface area contributed by atoms with Gasteiger partial charge in [0.25, 0.3) is 5.89 Å². The number of carboxylic acid groups (broad SMARTS) is 1. The Kier molecular flexibility index (Phi) is 5.30. The molecule has 0 saturated heterocycles. The first kappa shape index (κ1) is 21.7. The van der Waals surface area contributed by atoms with E-state index in [4.69, 9.17) is 13.6 Å². The first-order valence-corrected chi connectivity index (χ1v) is 11.2. The second kappa shape index (κ2) is 8.31. The summed E-state index contributed by atoms with van der Waals surface area (Å²) in [6.45, 7) is 3.53. The second-order valence-electron chi connectivity index (χ2n) is 7.84. The average molecular weight is 478 g/mol. The minimum atomic E-state index is -1.08. The van der Waals surface area contributed by atoms with Gasteiger partial charge in [0.15, 0.2) is 0 Å².